The number of aliphatic imine (C=N–C) groups is 1. The van der Waals surface area contributed by atoms with E-state index in [4.69, 9.17) is 11.6 Å². The Morgan fingerprint density at radius 2 is 2.17 bits per heavy atom. The number of likely N-dealkylation sites (N-methyl/N-ethyl adjacent to an activating group) is 1. The lowest BCUT2D eigenvalue weighted by Gasteiger charge is -2.20. The number of allylic oxidation sites excluding steroid dienone is 1. The molecular formula is C8H9ClN3+. The molecule has 3 nitrogen and oxygen atoms in total. The van der Waals surface area contributed by atoms with Gasteiger partial charge in [0.25, 0.3) is 5.84 Å². The summed E-state index contributed by atoms with van der Waals surface area (Å²) in [6, 6.07) is 0. The summed E-state index contributed by atoms with van der Waals surface area (Å²) in [5.74, 6) is 0.866. The average molecular weight is 183 g/mol. The Balaban J connectivity index is 2.52. The molecule has 1 atom stereocenters. The molecule has 1 unspecified atom stereocenters. The first-order valence-electron chi connectivity index (χ1n) is 3.69. The summed E-state index contributed by atoms with van der Waals surface area (Å²) in [6.07, 6.45) is 5.68. The molecule has 0 aliphatic carbocycles. The number of halogens is 1. The molecule has 2 aliphatic heterocycles. The first kappa shape index (κ1) is 7.71. The van der Waals surface area contributed by atoms with Gasteiger partial charge in [0.1, 0.15) is 7.05 Å². The van der Waals surface area contributed by atoms with E-state index in [1.807, 2.05) is 32.3 Å². The highest BCUT2D eigenvalue weighted by atomic mass is 35.5. The van der Waals surface area contributed by atoms with Gasteiger partial charge in [0.2, 0.25) is 0 Å². The molecule has 0 spiro atoms. The van der Waals surface area contributed by atoms with Crippen molar-refractivity contribution in [3.8, 4) is 0 Å². The average Bonchev–Trinajstić information content (AvgIpc) is 2.22. The Hall–Kier alpha value is -0.930. The summed E-state index contributed by atoms with van der Waals surface area (Å²) >= 11 is 5.78. The van der Waals surface area contributed by atoms with E-state index in [0.717, 1.165) is 11.5 Å². The van der Waals surface area contributed by atoms with Crippen LogP contribution in [0.4, 0.5) is 0 Å². The maximum absolute atomic E-state index is 5.78. The van der Waals surface area contributed by atoms with Crippen LogP contribution >= 0.6 is 11.6 Å². The van der Waals surface area contributed by atoms with Gasteiger partial charge in [-0.05, 0) is 13.0 Å². The molecule has 0 aromatic heterocycles. The number of hydrogen-bond donors (Lipinski definition) is 0. The highest BCUT2D eigenvalue weighted by molar-refractivity contribution is 6.30. The Bertz CT molecular complexity index is 351. The van der Waals surface area contributed by atoms with E-state index in [2.05, 4.69) is 10.1 Å². The van der Waals surface area contributed by atoms with Crippen molar-refractivity contribution >= 4 is 23.1 Å². The molecule has 2 heterocycles. The fourth-order valence-electron chi connectivity index (χ4n) is 1.34. The molecule has 0 bridgehead atoms. The molecular weight excluding hydrogens is 174 g/mol. The monoisotopic (exact) mass is 182 g/mol. The van der Waals surface area contributed by atoms with Crippen molar-refractivity contribution < 1.29 is 4.59 Å². The van der Waals surface area contributed by atoms with Gasteiger partial charge in [0.15, 0.2) is 11.4 Å². The molecule has 2 aliphatic rings. The molecule has 0 radical (unpaired) electrons. The lowest BCUT2D eigenvalue weighted by molar-refractivity contribution is -0.769. The number of rotatable bonds is 0. The second-order valence-electron chi connectivity index (χ2n) is 3.02. The van der Waals surface area contributed by atoms with Crippen molar-refractivity contribution in [2.24, 2.45) is 10.1 Å². The molecule has 4 heteroatoms. The van der Waals surface area contributed by atoms with Crippen LogP contribution in [0.1, 0.15) is 6.92 Å². The third-order valence-corrected chi connectivity index (χ3v) is 2.06. The van der Waals surface area contributed by atoms with Crippen LogP contribution in [-0.4, -0.2) is 23.2 Å². The van der Waals surface area contributed by atoms with Gasteiger partial charge in [-0.1, -0.05) is 16.7 Å². The molecule has 0 amide bonds. The number of amidine groups is 1. The molecule has 0 saturated carbocycles. The van der Waals surface area contributed by atoms with Gasteiger partial charge in [-0.15, -0.1) is 4.59 Å². The largest absolute Gasteiger partial charge is 0.260 e. The number of quaternary nitrogens is 1. The molecule has 62 valence electrons. The van der Waals surface area contributed by atoms with Gasteiger partial charge in [0, 0.05) is 6.08 Å². The van der Waals surface area contributed by atoms with Crippen LogP contribution in [-0.2, 0) is 0 Å². The highest BCUT2D eigenvalue weighted by Gasteiger charge is 2.34. The maximum Gasteiger partial charge on any atom is 0.260 e. The predicted molar refractivity (Wildman–Crippen MR) is 49.8 cm³/mol. The molecule has 0 saturated heterocycles. The van der Waals surface area contributed by atoms with Crippen molar-refractivity contribution in [1.82, 2.24) is 0 Å². The van der Waals surface area contributed by atoms with Crippen molar-refractivity contribution in [3.05, 3.63) is 23.5 Å². The van der Waals surface area contributed by atoms with Crippen molar-refractivity contribution in [3.63, 3.8) is 0 Å². The van der Waals surface area contributed by atoms with Crippen molar-refractivity contribution in [2.75, 3.05) is 7.05 Å². The number of fused-ring (bicyclic) bond motifs is 1. The van der Waals surface area contributed by atoms with Crippen molar-refractivity contribution in [2.45, 2.75) is 6.92 Å². The third kappa shape index (κ3) is 1.02. The smallest absolute Gasteiger partial charge is 0.176 e. The van der Waals surface area contributed by atoms with Crippen LogP contribution in [0.15, 0.2) is 33.6 Å². The predicted octanol–water partition coefficient (Wildman–Crippen LogP) is 1.83. The molecule has 12 heavy (non-hydrogen) atoms. The van der Waals surface area contributed by atoms with E-state index in [0.29, 0.717) is 9.75 Å². The van der Waals surface area contributed by atoms with E-state index in [1.54, 1.807) is 0 Å². The van der Waals surface area contributed by atoms with Gasteiger partial charge < -0.3 is 0 Å². The standard InChI is InChI=1S/C8H9ClN3/c1-6-3-4-8-10-7(9)5-12(8,2)11-6/h3-5H,1-2H3/q+1. The topological polar surface area (TPSA) is 24.7 Å². The second-order valence-corrected chi connectivity index (χ2v) is 3.41. The van der Waals surface area contributed by atoms with Gasteiger partial charge in [-0.3, -0.25) is 0 Å². The Morgan fingerprint density at radius 3 is 2.92 bits per heavy atom. The van der Waals surface area contributed by atoms with E-state index in [1.165, 1.54) is 0 Å². The quantitative estimate of drug-likeness (QED) is 0.404. The van der Waals surface area contributed by atoms with Crippen LogP contribution < -0.4 is 0 Å². The van der Waals surface area contributed by atoms with E-state index in [-0.39, 0.29) is 0 Å². The Labute approximate surface area is 75.9 Å². The summed E-state index contributed by atoms with van der Waals surface area (Å²) < 4.78 is 0.348. The second kappa shape index (κ2) is 2.28. The minimum Gasteiger partial charge on any atom is -0.176 e. The Kier molecular flexibility index (Phi) is 1.46. The van der Waals surface area contributed by atoms with Crippen LogP contribution in [0.3, 0.4) is 0 Å². The van der Waals surface area contributed by atoms with Gasteiger partial charge in [-0.2, -0.15) is 4.99 Å². The van der Waals surface area contributed by atoms with Crippen molar-refractivity contribution in [1.29, 1.82) is 0 Å². The number of nitrogens with zero attached hydrogens (tertiary/aromatic N) is 3. The zero-order valence-corrected chi connectivity index (χ0v) is 7.71. The molecule has 0 N–H and O–H groups in total. The van der Waals surface area contributed by atoms with E-state index in [9.17, 15) is 0 Å². The van der Waals surface area contributed by atoms with Crippen LogP contribution in [0, 0.1) is 0 Å². The van der Waals surface area contributed by atoms with Crippen LogP contribution in [0.5, 0.6) is 0 Å². The normalized spacial score (nSPS) is 32.4. The molecule has 0 fully saturated rings. The van der Waals surface area contributed by atoms with E-state index >= 15 is 0 Å². The zero-order chi connectivity index (χ0) is 8.77. The van der Waals surface area contributed by atoms with Gasteiger partial charge >= 0.3 is 0 Å². The fraction of sp³-hybridized carbons (Fsp3) is 0.250. The molecule has 2 rings (SSSR count). The Morgan fingerprint density at radius 1 is 1.42 bits per heavy atom. The fourth-order valence-corrected chi connectivity index (χ4v) is 1.61. The summed E-state index contributed by atoms with van der Waals surface area (Å²) in [6.45, 7) is 1.96. The first-order chi connectivity index (χ1) is 5.60. The van der Waals surface area contributed by atoms with E-state index < -0.39 is 0 Å². The lowest BCUT2D eigenvalue weighted by Crippen LogP contribution is -2.38. The summed E-state index contributed by atoms with van der Waals surface area (Å²) in [5, 5.41) is 4.91. The van der Waals surface area contributed by atoms with Gasteiger partial charge in [-0.25, -0.2) is 0 Å². The maximum atomic E-state index is 5.78. The SMILES string of the molecule is CC1=N[N+]2(C)C=C(Cl)N=C2C=C1. The minimum absolute atomic E-state index is 0.348. The minimum atomic E-state index is 0.348. The highest BCUT2D eigenvalue weighted by Crippen LogP contribution is 2.25. The summed E-state index contributed by atoms with van der Waals surface area (Å²) in [7, 11) is 1.95. The molecule has 0 aromatic carbocycles. The lowest BCUT2D eigenvalue weighted by atomic mass is 10.3. The zero-order valence-electron chi connectivity index (χ0n) is 6.95. The first-order valence-corrected chi connectivity index (χ1v) is 4.07. The van der Waals surface area contributed by atoms with Gasteiger partial charge in [0.05, 0.1) is 5.71 Å². The summed E-state index contributed by atoms with van der Waals surface area (Å²) in [4.78, 5) is 4.14. The third-order valence-electron chi connectivity index (χ3n) is 1.88. The number of hydrogen-bond acceptors (Lipinski definition) is 2. The summed E-state index contributed by atoms with van der Waals surface area (Å²) in [5.41, 5.74) is 0.985. The van der Waals surface area contributed by atoms with Crippen LogP contribution in [0.25, 0.3) is 0 Å². The van der Waals surface area contributed by atoms with Crippen LogP contribution in [0.2, 0.25) is 0 Å². The molecule has 0 aromatic rings.